The lowest BCUT2D eigenvalue weighted by atomic mass is 10.1. The Kier molecular flexibility index (Phi) is 5.50. The summed E-state index contributed by atoms with van der Waals surface area (Å²) in [6.45, 7) is 3.71. The van der Waals surface area contributed by atoms with Crippen molar-refractivity contribution < 1.29 is 19.2 Å². The molecule has 0 amide bonds. The zero-order valence-corrected chi connectivity index (χ0v) is 17.6. The van der Waals surface area contributed by atoms with Crippen LogP contribution in [0.1, 0.15) is 23.1 Å². The normalized spacial score (nSPS) is 10.8. The van der Waals surface area contributed by atoms with Crippen molar-refractivity contribution in [3.05, 3.63) is 70.0 Å². The first-order valence-electron chi connectivity index (χ1n) is 9.76. The van der Waals surface area contributed by atoms with E-state index in [1.54, 1.807) is 32.2 Å². The van der Waals surface area contributed by atoms with Crippen LogP contribution in [0.5, 0.6) is 5.75 Å². The van der Waals surface area contributed by atoms with Crippen LogP contribution >= 0.6 is 0 Å². The summed E-state index contributed by atoms with van der Waals surface area (Å²) in [4.78, 5) is 27.8. The van der Waals surface area contributed by atoms with E-state index in [1.807, 2.05) is 25.1 Å². The molecule has 0 N–H and O–H groups in total. The van der Waals surface area contributed by atoms with Gasteiger partial charge in [0.05, 0.1) is 29.8 Å². The summed E-state index contributed by atoms with van der Waals surface area (Å²) in [7, 11) is 1.57. The molecular formula is C22H19N5O5. The van der Waals surface area contributed by atoms with Crippen LogP contribution in [0.2, 0.25) is 0 Å². The number of methoxy groups -OCH3 is 1. The Morgan fingerprint density at radius 1 is 1.16 bits per heavy atom. The van der Waals surface area contributed by atoms with Gasteiger partial charge in [0.2, 0.25) is 0 Å². The Morgan fingerprint density at radius 3 is 2.56 bits per heavy atom. The number of rotatable bonds is 6. The number of aryl methyl sites for hydroxylation is 1. The van der Waals surface area contributed by atoms with E-state index in [1.165, 1.54) is 16.8 Å². The average molecular weight is 433 g/mol. The number of carbonyl (C=O) groups is 1. The predicted molar refractivity (Wildman–Crippen MR) is 116 cm³/mol. The number of aromatic nitrogens is 4. The highest BCUT2D eigenvalue weighted by atomic mass is 16.6. The van der Waals surface area contributed by atoms with Crippen molar-refractivity contribution in [2.75, 3.05) is 13.7 Å². The van der Waals surface area contributed by atoms with E-state index in [2.05, 4.69) is 15.3 Å². The second-order valence-electron chi connectivity index (χ2n) is 6.89. The van der Waals surface area contributed by atoms with Gasteiger partial charge in [-0.25, -0.2) is 9.48 Å². The third-order valence-electron chi connectivity index (χ3n) is 4.84. The number of esters is 1. The summed E-state index contributed by atoms with van der Waals surface area (Å²) in [5.41, 5.74) is 2.89. The number of fused-ring (bicyclic) bond motifs is 1. The van der Waals surface area contributed by atoms with Gasteiger partial charge in [-0.05, 0) is 50.2 Å². The highest BCUT2D eigenvalue weighted by Crippen LogP contribution is 2.32. The van der Waals surface area contributed by atoms with Crippen molar-refractivity contribution >= 4 is 22.6 Å². The van der Waals surface area contributed by atoms with Crippen LogP contribution in [0.15, 0.2) is 48.5 Å². The minimum atomic E-state index is -0.639. The van der Waals surface area contributed by atoms with Crippen molar-refractivity contribution in [1.29, 1.82) is 0 Å². The van der Waals surface area contributed by atoms with E-state index < -0.39 is 10.9 Å². The maximum atomic E-state index is 12.6. The second-order valence-corrected chi connectivity index (χ2v) is 6.89. The molecule has 0 saturated carbocycles. The third-order valence-corrected chi connectivity index (χ3v) is 4.84. The molecule has 32 heavy (non-hydrogen) atoms. The summed E-state index contributed by atoms with van der Waals surface area (Å²) in [6.07, 6.45) is 0. The number of hydrogen-bond acceptors (Lipinski definition) is 8. The number of ether oxygens (including phenoxy) is 2. The summed E-state index contributed by atoms with van der Waals surface area (Å²) >= 11 is 0. The van der Waals surface area contributed by atoms with Crippen molar-refractivity contribution in [3.63, 3.8) is 0 Å². The summed E-state index contributed by atoms with van der Waals surface area (Å²) < 4.78 is 12.0. The topological polar surface area (TPSA) is 122 Å². The second kappa shape index (κ2) is 8.42. The van der Waals surface area contributed by atoms with Crippen LogP contribution < -0.4 is 4.74 Å². The number of benzene rings is 2. The predicted octanol–water partition coefficient (Wildman–Crippen LogP) is 3.88. The molecule has 0 bridgehead atoms. The van der Waals surface area contributed by atoms with Gasteiger partial charge in [0, 0.05) is 28.8 Å². The Balaban J connectivity index is 2.00. The number of hydrogen-bond donors (Lipinski definition) is 0. The molecule has 0 spiro atoms. The summed E-state index contributed by atoms with van der Waals surface area (Å²) in [5.74, 6) is -0.00760. The fourth-order valence-corrected chi connectivity index (χ4v) is 3.41. The number of nitrogens with zero attached hydrogens (tertiary/aromatic N) is 5. The first-order chi connectivity index (χ1) is 15.4. The van der Waals surface area contributed by atoms with Gasteiger partial charge in [0.1, 0.15) is 11.4 Å². The number of carbonyl (C=O) groups excluding carboxylic acids is 1. The zero-order chi connectivity index (χ0) is 22.8. The lowest BCUT2D eigenvalue weighted by Gasteiger charge is -2.12. The van der Waals surface area contributed by atoms with E-state index in [-0.39, 0.29) is 18.0 Å². The molecule has 2 aromatic carbocycles. The fourth-order valence-electron chi connectivity index (χ4n) is 3.41. The van der Waals surface area contributed by atoms with Crippen LogP contribution in [-0.4, -0.2) is 44.6 Å². The van der Waals surface area contributed by atoms with E-state index in [9.17, 15) is 14.9 Å². The number of pyridine rings is 1. The maximum absolute atomic E-state index is 12.6. The summed E-state index contributed by atoms with van der Waals surface area (Å²) in [6, 6.07) is 13.1. The smallest absolute Gasteiger partial charge is 0.361 e. The molecule has 0 aliphatic rings. The number of nitro groups is 1. The molecule has 0 atom stereocenters. The van der Waals surface area contributed by atoms with Crippen LogP contribution in [-0.2, 0) is 4.74 Å². The van der Waals surface area contributed by atoms with Crippen molar-refractivity contribution in [1.82, 2.24) is 20.0 Å². The molecule has 0 aliphatic heterocycles. The minimum absolute atomic E-state index is 0.00575. The largest absolute Gasteiger partial charge is 0.497 e. The molecule has 2 heterocycles. The highest BCUT2D eigenvalue weighted by molar-refractivity contribution is 5.96. The molecule has 0 fully saturated rings. The first kappa shape index (κ1) is 20.9. The lowest BCUT2D eigenvalue weighted by Crippen LogP contribution is -2.08. The molecular weight excluding hydrogens is 414 g/mol. The monoisotopic (exact) mass is 433 g/mol. The van der Waals surface area contributed by atoms with E-state index in [0.717, 1.165) is 11.1 Å². The van der Waals surface area contributed by atoms with Gasteiger partial charge in [-0.2, -0.15) is 0 Å². The molecule has 10 heteroatoms. The zero-order valence-electron chi connectivity index (χ0n) is 17.6. The first-order valence-corrected chi connectivity index (χ1v) is 9.76. The number of non-ortho nitro benzene ring substituents is 1. The summed E-state index contributed by atoms with van der Waals surface area (Å²) in [5, 5.41) is 20.1. The molecule has 4 aromatic rings. The van der Waals surface area contributed by atoms with Crippen LogP contribution in [0, 0.1) is 17.0 Å². The standard InChI is InChI=1S/C22H19N5O5/c1-4-32-22(28)20-21(14-5-7-15(8-6-14)27(29)30)26(25-24-20)19-11-13(2)23-18-10-9-16(31-3)12-17(18)19/h5-12H,4H2,1-3H3. The number of nitro benzene ring substituents is 1. The third kappa shape index (κ3) is 3.73. The average Bonchev–Trinajstić information content (AvgIpc) is 3.23. The molecule has 0 saturated heterocycles. The van der Waals surface area contributed by atoms with Gasteiger partial charge in [-0.15, -0.1) is 5.10 Å². The van der Waals surface area contributed by atoms with Gasteiger partial charge in [0.15, 0.2) is 5.69 Å². The van der Waals surface area contributed by atoms with E-state index in [0.29, 0.717) is 28.2 Å². The van der Waals surface area contributed by atoms with Crippen molar-refractivity contribution in [2.24, 2.45) is 0 Å². The quantitative estimate of drug-likeness (QED) is 0.255. The molecule has 0 unspecified atom stereocenters. The van der Waals surface area contributed by atoms with Crippen LogP contribution in [0.25, 0.3) is 27.8 Å². The van der Waals surface area contributed by atoms with Gasteiger partial charge >= 0.3 is 5.97 Å². The Hall–Kier alpha value is -4.34. The Bertz CT molecular complexity index is 1330. The Labute approximate surface area is 182 Å². The highest BCUT2D eigenvalue weighted by Gasteiger charge is 2.25. The van der Waals surface area contributed by atoms with Gasteiger partial charge < -0.3 is 9.47 Å². The maximum Gasteiger partial charge on any atom is 0.361 e. The molecule has 4 rings (SSSR count). The Morgan fingerprint density at radius 2 is 1.91 bits per heavy atom. The van der Waals surface area contributed by atoms with E-state index in [4.69, 9.17) is 9.47 Å². The van der Waals surface area contributed by atoms with Crippen LogP contribution in [0.4, 0.5) is 5.69 Å². The molecule has 2 aromatic heterocycles. The molecule has 0 aliphatic carbocycles. The van der Waals surface area contributed by atoms with Crippen molar-refractivity contribution in [3.8, 4) is 22.7 Å². The van der Waals surface area contributed by atoms with Gasteiger partial charge in [0.25, 0.3) is 5.69 Å². The SMILES string of the molecule is CCOC(=O)c1nnn(-c2cc(C)nc3ccc(OC)cc23)c1-c1ccc([N+](=O)[O-])cc1. The van der Waals surface area contributed by atoms with E-state index >= 15 is 0 Å². The van der Waals surface area contributed by atoms with Crippen molar-refractivity contribution in [2.45, 2.75) is 13.8 Å². The fraction of sp³-hybridized carbons (Fsp3) is 0.182. The molecule has 162 valence electrons. The molecule has 10 nitrogen and oxygen atoms in total. The lowest BCUT2D eigenvalue weighted by molar-refractivity contribution is -0.384. The minimum Gasteiger partial charge on any atom is -0.497 e. The van der Waals surface area contributed by atoms with Gasteiger partial charge in [-0.1, -0.05) is 5.21 Å². The van der Waals surface area contributed by atoms with Crippen LogP contribution in [0.3, 0.4) is 0 Å². The van der Waals surface area contributed by atoms with Gasteiger partial charge in [-0.3, -0.25) is 15.1 Å². The molecule has 0 radical (unpaired) electrons.